The summed E-state index contributed by atoms with van der Waals surface area (Å²) in [6.45, 7) is 3.75. The van der Waals surface area contributed by atoms with Crippen molar-refractivity contribution in [3.05, 3.63) is 58.8 Å². The maximum absolute atomic E-state index is 12.6. The molecule has 0 N–H and O–H groups in total. The molecule has 20 heavy (non-hydrogen) atoms. The number of carbonyl (C=O) groups is 1. The monoisotopic (exact) mass is 333 g/mol. The number of carbonyl (C=O) groups excluding carboxylic acids is 1. The van der Waals surface area contributed by atoms with Gasteiger partial charge < -0.3 is 4.74 Å². The largest absolute Gasteiger partial charge is 0.479 e. The first-order valence-electron chi connectivity index (χ1n) is 6.44. The van der Waals surface area contributed by atoms with Gasteiger partial charge in [0.25, 0.3) is 0 Å². The van der Waals surface area contributed by atoms with Crippen LogP contribution in [0.2, 0.25) is 0 Å². The summed E-state index contributed by atoms with van der Waals surface area (Å²) in [6.07, 6.45) is 3.80. The zero-order chi connectivity index (χ0) is 14.6. The Morgan fingerprint density at radius 2 is 2.00 bits per heavy atom. The van der Waals surface area contributed by atoms with Gasteiger partial charge in [-0.15, -0.1) is 0 Å². The van der Waals surface area contributed by atoms with Crippen molar-refractivity contribution in [2.24, 2.45) is 0 Å². The fraction of sp³-hybridized carbons (Fsp3) is 0.250. The van der Waals surface area contributed by atoms with Crippen LogP contribution in [0.4, 0.5) is 0 Å². The van der Waals surface area contributed by atoms with E-state index in [-0.39, 0.29) is 5.78 Å². The Kier molecular flexibility index (Phi) is 4.55. The maximum Gasteiger partial charge on any atom is 0.207 e. The Balaban J connectivity index is 2.25. The molecule has 0 bridgehead atoms. The zero-order valence-corrected chi connectivity index (χ0v) is 13.1. The molecule has 1 unspecified atom stereocenters. The molecular weight excluding hydrogens is 318 g/mol. The van der Waals surface area contributed by atoms with Crippen LogP contribution in [0.5, 0.6) is 5.75 Å². The molecule has 2 aromatic rings. The predicted molar refractivity (Wildman–Crippen MR) is 82.0 cm³/mol. The summed E-state index contributed by atoms with van der Waals surface area (Å²) in [5, 5.41) is 0. The number of ketones is 1. The standard InChI is InChI=1S/C16H16BrNO2/c1-3-16(2,15(19)12-5-4-10-18-11-12)20-14-8-6-13(17)7-9-14/h4-11H,3H2,1-2H3. The zero-order valence-electron chi connectivity index (χ0n) is 11.5. The number of nitrogens with zero attached hydrogens (tertiary/aromatic N) is 1. The Labute approximate surface area is 127 Å². The van der Waals surface area contributed by atoms with Crippen molar-refractivity contribution in [3.63, 3.8) is 0 Å². The molecule has 0 saturated heterocycles. The molecule has 0 spiro atoms. The molecule has 0 radical (unpaired) electrons. The summed E-state index contributed by atoms with van der Waals surface area (Å²) in [6, 6.07) is 11.0. The van der Waals surface area contributed by atoms with E-state index in [1.165, 1.54) is 0 Å². The fourth-order valence-electron chi connectivity index (χ4n) is 1.84. The van der Waals surface area contributed by atoms with Crippen LogP contribution >= 0.6 is 15.9 Å². The van der Waals surface area contributed by atoms with E-state index in [0.29, 0.717) is 17.7 Å². The minimum Gasteiger partial charge on any atom is -0.479 e. The quantitative estimate of drug-likeness (QED) is 0.767. The lowest BCUT2D eigenvalue weighted by Crippen LogP contribution is -2.41. The number of halogens is 1. The summed E-state index contributed by atoms with van der Waals surface area (Å²) >= 11 is 3.38. The molecule has 0 aliphatic rings. The average molecular weight is 334 g/mol. The summed E-state index contributed by atoms with van der Waals surface area (Å²) < 4.78 is 6.90. The van der Waals surface area contributed by atoms with E-state index < -0.39 is 5.60 Å². The third-order valence-electron chi connectivity index (χ3n) is 3.24. The molecule has 2 rings (SSSR count). The van der Waals surface area contributed by atoms with Gasteiger partial charge in [0, 0.05) is 22.4 Å². The van der Waals surface area contributed by atoms with Crippen LogP contribution in [0.25, 0.3) is 0 Å². The number of aromatic nitrogens is 1. The number of hydrogen-bond acceptors (Lipinski definition) is 3. The number of pyridine rings is 1. The lowest BCUT2D eigenvalue weighted by molar-refractivity contribution is 0.0504. The van der Waals surface area contributed by atoms with E-state index in [0.717, 1.165) is 4.47 Å². The topological polar surface area (TPSA) is 39.2 Å². The van der Waals surface area contributed by atoms with Crippen LogP contribution in [-0.2, 0) is 0 Å². The second-order valence-electron chi connectivity index (χ2n) is 4.71. The summed E-state index contributed by atoms with van der Waals surface area (Å²) in [5.74, 6) is 0.616. The first-order chi connectivity index (χ1) is 9.55. The summed E-state index contributed by atoms with van der Waals surface area (Å²) in [5.41, 5.74) is -0.328. The molecule has 0 saturated carbocycles. The highest BCUT2D eigenvalue weighted by Gasteiger charge is 2.34. The van der Waals surface area contributed by atoms with Crippen molar-refractivity contribution in [1.29, 1.82) is 0 Å². The molecular formula is C16H16BrNO2. The van der Waals surface area contributed by atoms with Crippen LogP contribution < -0.4 is 4.74 Å². The van der Waals surface area contributed by atoms with Crippen LogP contribution in [0.1, 0.15) is 30.6 Å². The van der Waals surface area contributed by atoms with Gasteiger partial charge in [-0.05, 0) is 49.7 Å². The van der Waals surface area contributed by atoms with Gasteiger partial charge in [0.05, 0.1) is 0 Å². The van der Waals surface area contributed by atoms with Gasteiger partial charge in [-0.1, -0.05) is 22.9 Å². The van der Waals surface area contributed by atoms with Crippen molar-refractivity contribution in [2.75, 3.05) is 0 Å². The van der Waals surface area contributed by atoms with Crippen molar-refractivity contribution in [1.82, 2.24) is 4.98 Å². The van der Waals surface area contributed by atoms with Gasteiger partial charge in [-0.2, -0.15) is 0 Å². The van der Waals surface area contributed by atoms with Crippen molar-refractivity contribution >= 4 is 21.7 Å². The first-order valence-corrected chi connectivity index (χ1v) is 7.24. The van der Waals surface area contributed by atoms with Gasteiger partial charge in [-0.25, -0.2) is 0 Å². The van der Waals surface area contributed by atoms with Crippen LogP contribution in [-0.4, -0.2) is 16.4 Å². The van der Waals surface area contributed by atoms with Crippen LogP contribution in [0, 0.1) is 0 Å². The van der Waals surface area contributed by atoms with E-state index in [4.69, 9.17) is 4.74 Å². The predicted octanol–water partition coefficient (Wildman–Crippen LogP) is 4.27. The molecule has 1 aromatic carbocycles. The van der Waals surface area contributed by atoms with Gasteiger partial charge in [-0.3, -0.25) is 9.78 Å². The van der Waals surface area contributed by atoms with E-state index >= 15 is 0 Å². The highest BCUT2D eigenvalue weighted by Crippen LogP contribution is 2.26. The van der Waals surface area contributed by atoms with Gasteiger partial charge in [0.2, 0.25) is 5.78 Å². The Morgan fingerprint density at radius 3 is 2.55 bits per heavy atom. The van der Waals surface area contributed by atoms with E-state index in [1.807, 2.05) is 38.1 Å². The highest BCUT2D eigenvalue weighted by molar-refractivity contribution is 9.10. The molecule has 0 fully saturated rings. The molecule has 4 heteroatoms. The molecule has 3 nitrogen and oxygen atoms in total. The molecule has 1 atom stereocenters. The second kappa shape index (κ2) is 6.18. The Hall–Kier alpha value is -1.68. The van der Waals surface area contributed by atoms with E-state index in [2.05, 4.69) is 20.9 Å². The number of Topliss-reactive ketones (excluding diaryl/α,β-unsaturated/α-hetero) is 1. The van der Waals surface area contributed by atoms with Crippen molar-refractivity contribution in [3.8, 4) is 5.75 Å². The van der Waals surface area contributed by atoms with Gasteiger partial charge in [0.1, 0.15) is 5.75 Å². The van der Waals surface area contributed by atoms with Gasteiger partial charge in [0.15, 0.2) is 5.60 Å². The minimum atomic E-state index is -0.892. The lowest BCUT2D eigenvalue weighted by Gasteiger charge is -2.28. The Morgan fingerprint density at radius 1 is 1.30 bits per heavy atom. The van der Waals surface area contributed by atoms with Crippen molar-refractivity contribution < 1.29 is 9.53 Å². The fourth-order valence-corrected chi connectivity index (χ4v) is 2.11. The molecule has 1 aromatic heterocycles. The number of benzene rings is 1. The molecule has 104 valence electrons. The lowest BCUT2D eigenvalue weighted by atomic mass is 9.93. The number of ether oxygens (including phenoxy) is 1. The smallest absolute Gasteiger partial charge is 0.207 e. The average Bonchev–Trinajstić information content (AvgIpc) is 2.49. The van der Waals surface area contributed by atoms with Crippen LogP contribution in [0.3, 0.4) is 0 Å². The van der Waals surface area contributed by atoms with Crippen molar-refractivity contribution in [2.45, 2.75) is 25.9 Å². The number of rotatable bonds is 5. The van der Waals surface area contributed by atoms with E-state index in [9.17, 15) is 4.79 Å². The third kappa shape index (κ3) is 3.25. The normalized spacial score (nSPS) is 13.6. The highest BCUT2D eigenvalue weighted by atomic mass is 79.9. The molecule has 0 aliphatic carbocycles. The SMILES string of the molecule is CCC(C)(Oc1ccc(Br)cc1)C(=O)c1cccnc1. The number of hydrogen-bond donors (Lipinski definition) is 0. The molecule has 0 aliphatic heterocycles. The summed E-state index contributed by atoms with van der Waals surface area (Å²) in [7, 11) is 0. The summed E-state index contributed by atoms with van der Waals surface area (Å²) in [4.78, 5) is 16.6. The molecule has 0 amide bonds. The second-order valence-corrected chi connectivity index (χ2v) is 5.63. The van der Waals surface area contributed by atoms with E-state index in [1.54, 1.807) is 24.5 Å². The van der Waals surface area contributed by atoms with Gasteiger partial charge >= 0.3 is 0 Å². The Bertz CT molecular complexity index is 583. The van der Waals surface area contributed by atoms with Crippen LogP contribution in [0.15, 0.2) is 53.3 Å². The minimum absolute atomic E-state index is 0.0592. The molecule has 1 heterocycles. The first kappa shape index (κ1) is 14.7. The maximum atomic E-state index is 12.6. The third-order valence-corrected chi connectivity index (χ3v) is 3.76.